The highest BCUT2D eigenvalue weighted by Gasteiger charge is 2.25. The number of alkyl carbamates (subject to hydrolysis) is 1. The van der Waals surface area contributed by atoms with Gasteiger partial charge < -0.3 is 20.7 Å². The van der Waals surface area contributed by atoms with Gasteiger partial charge in [0.05, 0.1) is 11.1 Å². The van der Waals surface area contributed by atoms with Crippen molar-refractivity contribution in [1.82, 2.24) is 35.5 Å². The molecule has 11 heteroatoms. The van der Waals surface area contributed by atoms with Gasteiger partial charge in [0.25, 0.3) is 0 Å². The third kappa shape index (κ3) is 6.53. The Hall–Kier alpha value is -4.28. The number of hydrogen-bond donors (Lipinski definition) is 4. The largest absolute Gasteiger partial charge is 0.444 e. The zero-order chi connectivity index (χ0) is 26.5. The number of aromatic amines is 1. The van der Waals surface area contributed by atoms with Crippen molar-refractivity contribution < 1.29 is 9.53 Å². The highest BCUT2D eigenvalue weighted by Crippen LogP contribution is 2.26. The van der Waals surface area contributed by atoms with Crippen molar-refractivity contribution in [2.45, 2.75) is 70.7 Å². The highest BCUT2D eigenvalue weighted by molar-refractivity contribution is 5.89. The first-order valence-corrected chi connectivity index (χ1v) is 12.9. The molecule has 0 bridgehead atoms. The SMILES string of the molecule is CC(C)(C)OC(=O)N[C@H]1CC[C@H](Nc2ncc3c(-c4ccnc(NCc5ccccc5)n4)n[nH]c3n2)CC1. The van der Waals surface area contributed by atoms with Gasteiger partial charge in [0, 0.05) is 31.0 Å². The summed E-state index contributed by atoms with van der Waals surface area (Å²) in [6.45, 7) is 6.22. The van der Waals surface area contributed by atoms with Crippen molar-refractivity contribution in [3.05, 3.63) is 54.4 Å². The van der Waals surface area contributed by atoms with Crippen LogP contribution in [0.3, 0.4) is 0 Å². The van der Waals surface area contributed by atoms with Crippen molar-refractivity contribution >= 4 is 29.0 Å². The average molecular weight is 516 g/mol. The third-order valence-electron chi connectivity index (χ3n) is 6.29. The van der Waals surface area contributed by atoms with Gasteiger partial charge in [0.2, 0.25) is 11.9 Å². The molecule has 4 N–H and O–H groups in total. The van der Waals surface area contributed by atoms with Gasteiger partial charge in [-0.2, -0.15) is 10.1 Å². The number of benzene rings is 1. The maximum atomic E-state index is 12.0. The van der Waals surface area contributed by atoms with Crippen LogP contribution in [0.25, 0.3) is 22.4 Å². The van der Waals surface area contributed by atoms with Crippen LogP contribution in [0, 0.1) is 0 Å². The minimum Gasteiger partial charge on any atom is -0.444 e. The van der Waals surface area contributed by atoms with E-state index in [1.165, 1.54) is 0 Å². The number of amides is 1. The first kappa shape index (κ1) is 25.4. The maximum absolute atomic E-state index is 12.0. The zero-order valence-corrected chi connectivity index (χ0v) is 21.9. The molecule has 1 amide bonds. The van der Waals surface area contributed by atoms with Gasteiger partial charge in [-0.05, 0) is 58.1 Å². The predicted molar refractivity (Wildman–Crippen MR) is 146 cm³/mol. The maximum Gasteiger partial charge on any atom is 0.407 e. The number of ether oxygens (including phenoxy) is 1. The number of rotatable bonds is 7. The molecule has 1 fully saturated rings. The van der Waals surface area contributed by atoms with Crippen molar-refractivity contribution in [1.29, 1.82) is 0 Å². The van der Waals surface area contributed by atoms with E-state index in [1.54, 1.807) is 12.4 Å². The van der Waals surface area contributed by atoms with E-state index in [1.807, 2.05) is 57.2 Å². The number of hydrogen-bond acceptors (Lipinski definition) is 9. The molecular formula is C27H33N9O2. The van der Waals surface area contributed by atoms with Crippen LogP contribution in [0.5, 0.6) is 0 Å². The molecule has 4 aromatic rings. The number of nitrogens with one attached hydrogen (secondary N) is 4. The van der Waals surface area contributed by atoms with Gasteiger partial charge in [-0.15, -0.1) is 0 Å². The fourth-order valence-corrected chi connectivity index (χ4v) is 4.47. The molecule has 0 spiro atoms. The minimum atomic E-state index is -0.500. The van der Waals surface area contributed by atoms with Crippen LogP contribution in [0.2, 0.25) is 0 Å². The van der Waals surface area contributed by atoms with Crippen molar-refractivity contribution in [2.75, 3.05) is 10.6 Å². The molecule has 1 aromatic carbocycles. The number of H-pyrrole nitrogens is 1. The Morgan fingerprint density at radius 3 is 2.53 bits per heavy atom. The molecule has 0 unspecified atom stereocenters. The fraction of sp³-hybridized carbons (Fsp3) is 0.407. The Morgan fingerprint density at radius 1 is 1.00 bits per heavy atom. The van der Waals surface area contributed by atoms with Gasteiger partial charge in [0.15, 0.2) is 5.65 Å². The Labute approximate surface area is 221 Å². The molecule has 1 saturated carbocycles. The van der Waals surface area contributed by atoms with Crippen LogP contribution in [0.4, 0.5) is 16.7 Å². The van der Waals surface area contributed by atoms with Gasteiger partial charge in [-0.25, -0.2) is 19.7 Å². The van der Waals surface area contributed by atoms with Crippen molar-refractivity contribution in [2.24, 2.45) is 0 Å². The summed E-state index contributed by atoms with van der Waals surface area (Å²) in [4.78, 5) is 30.2. The molecule has 0 radical (unpaired) electrons. The molecule has 0 atom stereocenters. The lowest BCUT2D eigenvalue weighted by Crippen LogP contribution is -2.42. The quantitative estimate of drug-likeness (QED) is 0.276. The van der Waals surface area contributed by atoms with E-state index in [4.69, 9.17) is 4.74 Å². The van der Waals surface area contributed by atoms with E-state index < -0.39 is 5.60 Å². The van der Waals surface area contributed by atoms with Crippen molar-refractivity contribution in [3.63, 3.8) is 0 Å². The van der Waals surface area contributed by atoms with E-state index >= 15 is 0 Å². The van der Waals surface area contributed by atoms with Gasteiger partial charge in [0.1, 0.15) is 11.3 Å². The fourth-order valence-electron chi connectivity index (χ4n) is 4.47. The van der Waals surface area contributed by atoms with E-state index in [9.17, 15) is 4.79 Å². The summed E-state index contributed by atoms with van der Waals surface area (Å²) >= 11 is 0. The second-order valence-electron chi connectivity index (χ2n) is 10.5. The van der Waals surface area contributed by atoms with Gasteiger partial charge in [-0.3, -0.25) is 5.10 Å². The Morgan fingerprint density at radius 2 is 1.76 bits per heavy atom. The first-order chi connectivity index (χ1) is 18.3. The molecule has 198 valence electrons. The van der Waals surface area contributed by atoms with Gasteiger partial charge >= 0.3 is 6.09 Å². The van der Waals surface area contributed by atoms with Crippen LogP contribution in [-0.4, -0.2) is 53.9 Å². The zero-order valence-electron chi connectivity index (χ0n) is 21.9. The summed E-state index contributed by atoms with van der Waals surface area (Å²) in [6.07, 6.45) is 6.63. The van der Waals surface area contributed by atoms with Crippen LogP contribution < -0.4 is 16.0 Å². The standard InChI is InChI=1S/C27H33N9O2/c1-27(2,3)38-26(37)32-19-11-9-18(10-12-19)31-25-30-16-20-22(35-36-23(20)34-25)21-13-14-28-24(33-21)29-15-17-7-5-4-6-8-17/h4-8,13-14,16,18-19H,9-12,15H2,1-3H3,(H,32,37)(H,28,29,33)(H2,30,31,34,35,36)/t18-,19-. The number of nitrogens with zero attached hydrogens (tertiary/aromatic N) is 5. The topological polar surface area (TPSA) is 143 Å². The van der Waals surface area contributed by atoms with E-state index in [2.05, 4.69) is 46.1 Å². The summed E-state index contributed by atoms with van der Waals surface area (Å²) < 4.78 is 5.37. The second-order valence-corrected chi connectivity index (χ2v) is 10.5. The second kappa shape index (κ2) is 11.0. The number of aromatic nitrogens is 6. The normalized spacial score (nSPS) is 17.7. The average Bonchev–Trinajstić information content (AvgIpc) is 3.32. The van der Waals surface area contributed by atoms with Crippen LogP contribution in [0.15, 0.2) is 48.8 Å². The van der Waals surface area contributed by atoms with Crippen LogP contribution in [0.1, 0.15) is 52.0 Å². The van der Waals surface area contributed by atoms with E-state index in [-0.39, 0.29) is 18.2 Å². The molecule has 11 nitrogen and oxygen atoms in total. The predicted octanol–water partition coefficient (Wildman–Crippen LogP) is 4.67. The van der Waals surface area contributed by atoms with Crippen molar-refractivity contribution in [3.8, 4) is 11.4 Å². The molecule has 5 rings (SSSR count). The molecule has 0 aliphatic heterocycles. The Kier molecular flexibility index (Phi) is 7.34. The molecular weight excluding hydrogens is 482 g/mol. The van der Waals surface area contributed by atoms with E-state index in [0.717, 1.165) is 36.6 Å². The number of carbonyl (C=O) groups is 1. The molecule has 0 saturated heterocycles. The van der Waals surface area contributed by atoms with Crippen LogP contribution >= 0.6 is 0 Å². The summed E-state index contributed by atoms with van der Waals surface area (Å²) in [6, 6.07) is 12.3. The molecule has 1 aliphatic carbocycles. The smallest absolute Gasteiger partial charge is 0.407 e. The lowest BCUT2D eigenvalue weighted by Gasteiger charge is -2.30. The first-order valence-electron chi connectivity index (χ1n) is 12.9. The van der Waals surface area contributed by atoms with Crippen LogP contribution in [-0.2, 0) is 11.3 Å². The summed E-state index contributed by atoms with van der Waals surface area (Å²) in [5.74, 6) is 1.07. The molecule has 3 aromatic heterocycles. The Balaban J connectivity index is 1.18. The third-order valence-corrected chi connectivity index (χ3v) is 6.29. The number of anilines is 2. The molecule has 3 heterocycles. The Bertz CT molecular complexity index is 1380. The number of fused-ring (bicyclic) bond motifs is 1. The van der Waals surface area contributed by atoms with E-state index in [0.29, 0.717) is 35.5 Å². The van der Waals surface area contributed by atoms with Gasteiger partial charge in [-0.1, -0.05) is 30.3 Å². The summed E-state index contributed by atoms with van der Waals surface area (Å²) in [5, 5.41) is 17.9. The highest BCUT2D eigenvalue weighted by atomic mass is 16.6. The molecule has 38 heavy (non-hydrogen) atoms. The lowest BCUT2D eigenvalue weighted by atomic mass is 9.91. The molecule has 1 aliphatic rings. The monoisotopic (exact) mass is 515 g/mol. The lowest BCUT2D eigenvalue weighted by molar-refractivity contribution is 0.0492. The summed E-state index contributed by atoms with van der Waals surface area (Å²) in [7, 11) is 0. The summed E-state index contributed by atoms with van der Waals surface area (Å²) in [5.41, 5.74) is 2.64. The minimum absolute atomic E-state index is 0.112. The number of carbonyl (C=O) groups excluding carboxylic acids is 1.